The van der Waals surface area contributed by atoms with Gasteiger partial charge in [0.15, 0.2) is 0 Å². The number of carbonyl (C=O) groups is 3. The normalized spacial score (nSPS) is 15.0. The molecule has 6 heteroatoms. The van der Waals surface area contributed by atoms with Gasteiger partial charge >= 0.3 is 0 Å². The third kappa shape index (κ3) is 4.57. The molecule has 0 saturated carbocycles. The lowest BCUT2D eigenvalue weighted by Gasteiger charge is -2.31. The first-order valence-corrected chi connectivity index (χ1v) is 8.36. The number of benzene rings is 1. The van der Waals surface area contributed by atoms with Gasteiger partial charge in [-0.1, -0.05) is 0 Å². The molecule has 2 rings (SSSR count). The second-order valence-corrected chi connectivity index (χ2v) is 6.08. The Kier molecular flexibility index (Phi) is 6.35. The monoisotopic (exact) mass is 331 g/mol. The number of rotatable bonds is 6. The Bertz CT molecular complexity index is 608. The maximum Gasteiger partial charge on any atom is 0.251 e. The van der Waals surface area contributed by atoms with Gasteiger partial charge in [-0.3, -0.25) is 9.59 Å². The smallest absolute Gasteiger partial charge is 0.251 e. The average molecular weight is 331 g/mol. The zero-order chi connectivity index (χ0) is 17.5. The summed E-state index contributed by atoms with van der Waals surface area (Å²) in [6.07, 6.45) is 3.48. The van der Waals surface area contributed by atoms with Crippen LogP contribution in [0.5, 0.6) is 0 Å². The van der Waals surface area contributed by atoms with Gasteiger partial charge in [-0.25, -0.2) is 0 Å². The quantitative estimate of drug-likeness (QED) is 0.776. The number of nitrogens with one attached hydrogen (secondary N) is 2. The Hall–Kier alpha value is -2.37. The number of nitrogens with zero attached hydrogens (tertiary/aromatic N) is 1. The molecule has 1 aliphatic rings. The Morgan fingerprint density at radius 2 is 2.00 bits per heavy atom. The Morgan fingerprint density at radius 1 is 1.29 bits per heavy atom. The number of aryl methyl sites for hydroxylation is 1. The number of hydrogen-bond acceptors (Lipinski definition) is 4. The van der Waals surface area contributed by atoms with Crippen LogP contribution in [0.4, 0.5) is 5.69 Å². The third-order valence-corrected chi connectivity index (χ3v) is 4.44. The van der Waals surface area contributed by atoms with E-state index in [9.17, 15) is 14.4 Å². The first-order valence-electron chi connectivity index (χ1n) is 8.36. The maximum absolute atomic E-state index is 12.5. The molecule has 6 nitrogen and oxygen atoms in total. The van der Waals surface area contributed by atoms with E-state index in [0.717, 1.165) is 30.4 Å². The standard InChI is InChI=1S/C18H25N3O3/c1-13(23)21-9-7-16(8-10-21)20-18(24)15-5-6-17(19-2)14(12-15)4-3-11-22/h5-6,11-12,16,19H,3-4,7-10H2,1-2H3,(H,20,24). The van der Waals surface area contributed by atoms with Gasteiger partial charge in [0.1, 0.15) is 6.29 Å². The van der Waals surface area contributed by atoms with Crippen molar-refractivity contribution in [3.05, 3.63) is 29.3 Å². The molecule has 1 saturated heterocycles. The molecule has 0 aliphatic carbocycles. The molecule has 2 N–H and O–H groups in total. The Labute approximate surface area is 142 Å². The number of aldehydes is 1. The predicted molar refractivity (Wildman–Crippen MR) is 93.1 cm³/mol. The van der Waals surface area contributed by atoms with E-state index in [-0.39, 0.29) is 17.9 Å². The van der Waals surface area contributed by atoms with Crippen molar-refractivity contribution in [1.82, 2.24) is 10.2 Å². The third-order valence-electron chi connectivity index (χ3n) is 4.44. The van der Waals surface area contributed by atoms with Crippen LogP contribution in [0.3, 0.4) is 0 Å². The van der Waals surface area contributed by atoms with E-state index in [1.165, 1.54) is 0 Å². The van der Waals surface area contributed by atoms with Crippen molar-refractivity contribution in [1.29, 1.82) is 0 Å². The highest BCUT2D eigenvalue weighted by atomic mass is 16.2. The van der Waals surface area contributed by atoms with Crippen LogP contribution in [0, 0.1) is 0 Å². The summed E-state index contributed by atoms with van der Waals surface area (Å²) in [5.41, 5.74) is 2.50. The van der Waals surface area contributed by atoms with Crippen molar-refractivity contribution >= 4 is 23.8 Å². The molecule has 0 bridgehead atoms. The van der Waals surface area contributed by atoms with Gasteiger partial charge < -0.3 is 20.3 Å². The van der Waals surface area contributed by atoms with Crippen LogP contribution in [-0.4, -0.2) is 49.2 Å². The summed E-state index contributed by atoms with van der Waals surface area (Å²) < 4.78 is 0. The average Bonchev–Trinajstić information content (AvgIpc) is 2.60. The number of amides is 2. The van der Waals surface area contributed by atoms with Gasteiger partial charge in [-0.15, -0.1) is 0 Å². The molecular weight excluding hydrogens is 306 g/mol. The molecule has 0 unspecified atom stereocenters. The molecule has 1 aliphatic heterocycles. The van der Waals surface area contributed by atoms with Gasteiger partial charge in [-0.05, 0) is 43.0 Å². The fourth-order valence-corrected chi connectivity index (χ4v) is 3.01. The van der Waals surface area contributed by atoms with Gasteiger partial charge in [0.25, 0.3) is 5.91 Å². The van der Waals surface area contributed by atoms with Crippen molar-refractivity contribution in [2.75, 3.05) is 25.5 Å². The summed E-state index contributed by atoms with van der Waals surface area (Å²) in [5.74, 6) is -0.0199. The minimum atomic E-state index is -0.105. The van der Waals surface area contributed by atoms with Crippen LogP contribution < -0.4 is 10.6 Å². The topological polar surface area (TPSA) is 78.5 Å². The summed E-state index contributed by atoms with van der Waals surface area (Å²) in [6, 6.07) is 5.59. The molecule has 1 aromatic rings. The summed E-state index contributed by atoms with van der Waals surface area (Å²) in [6.45, 7) is 2.94. The van der Waals surface area contributed by atoms with Crippen LogP contribution >= 0.6 is 0 Å². The second kappa shape index (κ2) is 8.47. The molecule has 0 radical (unpaired) electrons. The van der Waals surface area contributed by atoms with Crippen LogP contribution in [-0.2, 0) is 16.0 Å². The largest absolute Gasteiger partial charge is 0.388 e. The molecule has 0 aromatic heterocycles. The molecule has 2 amide bonds. The van der Waals surface area contributed by atoms with Gasteiger partial charge in [0.05, 0.1) is 0 Å². The molecule has 1 heterocycles. The van der Waals surface area contributed by atoms with Gasteiger partial charge in [0.2, 0.25) is 5.91 Å². The van der Waals surface area contributed by atoms with E-state index in [1.54, 1.807) is 13.0 Å². The van der Waals surface area contributed by atoms with Crippen molar-refractivity contribution in [3.63, 3.8) is 0 Å². The van der Waals surface area contributed by atoms with Crippen LogP contribution in [0.15, 0.2) is 18.2 Å². The molecule has 0 atom stereocenters. The number of piperidine rings is 1. The second-order valence-electron chi connectivity index (χ2n) is 6.08. The number of anilines is 1. The molecule has 1 aromatic carbocycles. The number of carbonyl (C=O) groups excluding carboxylic acids is 3. The van der Waals surface area contributed by atoms with E-state index < -0.39 is 0 Å². The van der Waals surface area contributed by atoms with Crippen LogP contribution in [0.25, 0.3) is 0 Å². The van der Waals surface area contributed by atoms with E-state index in [1.807, 2.05) is 24.1 Å². The first kappa shape index (κ1) is 18.0. The lowest BCUT2D eigenvalue weighted by molar-refractivity contribution is -0.129. The summed E-state index contributed by atoms with van der Waals surface area (Å²) in [5, 5.41) is 6.13. The van der Waals surface area contributed by atoms with E-state index in [0.29, 0.717) is 31.5 Å². The van der Waals surface area contributed by atoms with Gasteiger partial charge in [0, 0.05) is 50.8 Å². The van der Waals surface area contributed by atoms with E-state index in [2.05, 4.69) is 10.6 Å². The SMILES string of the molecule is CNc1ccc(C(=O)NC2CCN(C(C)=O)CC2)cc1CCC=O. The first-order chi connectivity index (χ1) is 11.5. The minimum absolute atomic E-state index is 0.0854. The minimum Gasteiger partial charge on any atom is -0.388 e. The lowest BCUT2D eigenvalue weighted by Crippen LogP contribution is -2.46. The predicted octanol–water partition coefficient (Wildman–Crippen LogP) is 1.60. The number of hydrogen-bond donors (Lipinski definition) is 2. The summed E-state index contributed by atoms with van der Waals surface area (Å²) in [7, 11) is 1.82. The fourth-order valence-electron chi connectivity index (χ4n) is 3.01. The van der Waals surface area contributed by atoms with Crippen LogP contribution in [0.2, 0.25) is 0 Å². The maximum atomic E-state index is 12.5. The fraction of sp³-hybridized carbons (Fsp3) is 0.500. The van der Waals surface area contributed by atoms with E-state index in [4.69, 9.17) is 0 Å². The van der Waals surface area contributed by atoms with Crippen molar-refractivity contribution in [2.45, 2.75) is 38.6 Å². The van der Waals surface area contributed by atoms with E-state index >= 15 is 0 Å². The Balaban J connectivity index is 1.99. The van der Waals surface area contributed by atoms with Crippen LogP contribution in [0.1, 0.15) is 42.1 Å². The Morgan fingerprint density at radius 3 is 2.58 bits per heavy atom. The molecule has 1 fully saturated rings. The zero-order valence-corrected chi connectivity index (χ0v) is 14.3. The van der Waals surface area contributed by atoms with Crippen molar-refractivity contribution in [3.8, 4) is 0 Å². The highest BCUT2D eigenvalue weighted by Gasteiger charge is 2.22. The highest BCUT2D eigenvalue weighted by Crippen LogP contribution is 2.19. The summed E-state index contributed by atoms with van der Waals surface area (Å²) >= 11 is 0. The van der Waals surface area contributed by atoms with Crippen molar-refractivity contribution in [2.24, 2.45) is 0 Å². The zero-order valence-electron chi connectivity index (χ0n) is 14.3. The number of likely N-dealkylation sites (tertiary alicyclic amines) is 1. The highest BCUT2D eigenvalue weighted by molar-refractivity contribution is 5.95. The molecular formula is C18H25N3O3. The molecule has 130 valence electrons. The molecule has 24 heavy (non-hydrogen) atoms. The lowest BCUT2D eigenvalue weighted by atomic mass is 10.0. The van der Waals surface area contributed by atoms with Crippen molar-refractivity contribution < 1.29 is 14.4 Å². The van der Waals surface area contributed by atoms with Gasteiger partial charge in [-0.2, -0.15) is 0 Å². The summed E-state index contributed by atoms with van der Waals surface area (Å²) in [4.78, 5) is 36.2. The molecule has 0 spiro atoms.